The Labute approximate surface area is 109 Å². The van der Waals surface area contributed by atoms with E-state index in [0.717, 1.165) is 0 Å². The lowest BCUT2D eigenvalue weighted by molar-refractivity contribution is -0.126. The predicted octanol–water partition coefficient (Wildman–Crippen LogP) is 0.815. The Morgan fingerprint density at radius 1 is 1.37 bits per heavy atom. The minimum atomic E-state index is -0.457. The summed E-state index contributed by atoms with van der Waals surface area (Å²) >= 11 is 0. The molecule has 1 aromatic rings. The van der Waals surface area contributed by atoms with E-state index in [1.807, 2.05) is 0 Å². The molecule has 0 atom stereocenters. The molecule has 0 fully saturated rings. The molecule has 1 aliphatic rings. The molecule has 0 saturated heterocycles. The quantitative estimate of drug-likeness (QED) is 0.620. The van der Waals surface area contributed by atoms with Crippen molar-refractivity contribution in [1.82, 2.24) is 5.32 Å². The summed E-state index contributed by atoms with van der Waals surface area (Å²) in [5.74, 6) is -0.792. The Morgan fingerprint density at radius 3 is 2.84 bits per heavy atom. The molecule has 6 heteroatoms. The molecular formula is C13H12N2O4. The van der Waals surface area contributed by atoms with Crippen LogP contribution in [-0.2, 0) is 14.3 Å². The minimum Gasteiger partial charge on any atom is -0.465 e. The Balaban J connectivity index is 2.17. The van der Waals surface area contributed by atoms with Crippen LogP contribution in [-0.4, -0.2) is 24.8 Å². The maximum atomic E-state index is 11.4. The maximum Gasteiger partial charge on any atom is 0.337 e. The molecule has 1 heterocycles. The smallest absolute Gasteiger partial charge is 0.337 e. The second-order valence-electron chi connectivity index (χ2n) is 3.95. The lowest BCUT2D eigenvalue weighted by Crippen LogP contribution is -2.33. The van der Waals surface area contributed by atoms with Crippen molar-refractivity contribution in [2.75, 3.05) is 12.4 Å². The van der Waals surface area contributed by atoms with E-state index in [4.69, 9.17) is 0 Å². The normalized spacial score (nSPS) is 14.5. The standard InChI is InChI=1S/C13H12N2O4/c1-19-13(18)8-3-2-4-9(5-8)14-11-6-10(16)7-12(17)15-11/h2-6,14H,7H2,1H3,(H,15,17). The first kappa shape index (κ1) is 12.8. The summed E-state index contributed by atoms with van der Waals surface area (Å²) in [6, 6.07) is 6.55. The Bertz CT molecular complexity index is 578. The van der Waals surface area contributed by atoms with Crippen molar-refractivity contribution in [3.63, 3.8) is 0 Å². The highest BCUT2D eigenvalue weighted by Gasteiger charge is 2.16. The van der Waals surface area contributed by atoms with Gasteiger partial charge in [0, 0.05) is 11.8 Å². The van der Waals surface area contributed by atoms with Gasteiger partial charge >= 0.3 is 5.97 Å². The zero-order chi connectivity index (χ0) is 13.8. The molecule has 0 aromatic heterocycles. The van der Waals surface area contributed by atoms with Crippen LogP contribution in [0.5, 0.6) is 0 Å². The fourth-order valence-electron chi connectivity index (χ4n) is 1.67. The van der Waals surface area contributed by atoms with Gasteiger partial charge in [-0.2, -0.15) is 0 Å². The first-order valence-electron chi connectivity index (χ1n) is 5.58. The molecule has 0 bridgehead atoms. The molecule has 0 saturated carbocycles. The van der Waals surface area contributed by atoms with Gasteiger partial charge in [-0.25, -0.2) is 4.79 Å². The average molecular weight is 260 g/mol. The van der Waals surface area contributed by atoms with Gasteiger partial charge < -0.3 is 15.4 Å². The van der Waals surface area contributed by atoms with Crippen molar-refractivity contribution in [2.45, 2.75) is 6.42 Å². The van der Waals surface area contributed by atoms with Crippen LogP contribution < -0.4 is 10.6 Å². The summed E-state index contributed by atoms with van der Waals surface area (Å²) < 4.78 is 4.61. The number of hydrogen-bond acceptors (Lipinski definition) is 5. The number of hydrogen-bond donors (Lipinski definition) is 2. The number of amides is 1. The number of ketones is 1. The first-order valence-corrected chi connectivity index (χ1v) is 5.58. The Morgan fingerprint density at radius 2 is 2.16 bits per heavy atom. The maximum absolute atomic E-state index is 11.4. The molecule has 19 heavy (non-hydrogen) atoms. The van der Waals surface area contributed by atoms with E-state index in [1.165, 1.54) is 13.2 Å². The van der Waals surface area contributed by atoms with E-state index in [-0.39, 0.29) is 18.1 Å². The van der Waals surface area contributed by atoms with Gasteiger partial charge in [-0.1, -0.05) is 6.07 Å². The summed E-state index contributed by atoms with van der Waals surface area (Å²) in [7, 11) is 1.30. The van der Waals surface area contributed by atoms with Crippen LogP contribution in [0.15, 0.2) is 36.2 Å². The summed E-state index contributed by atoms with van der Waals surface area (Å²) in [5.41, 5.74) is 0.950. The fraction of sp³-hybridized carbons (Fsp3) is 0.154. The van der Waals surface area contributed by atoms with Gasteiger partial charge in [-0.15, -0.1) is 0 Å². The van der Waals surface area contributed by atoms with Crippen LogP contribution >= 0.6 is 0 Å². The van der Waals surface area contributed by atoms with Crippen molar-refractivity contribution in [2.24, 2.45) is 0 Å². The monoisotopic (exact) mass is 260 g/mol. The topological polar surface area (TPSA) is 84.5 Å². The molecule has 1 aliphatic heterocycles. The van der Waals surface area contributed by atoms with E-state index in [0.29, 0.717) is 17.1 Å². The van der Waals surface area contributed by atoms with Crippen molar-refractivity contribution >= 4 is 23.3 Å². The van der Waals surface area contributed by atoms with Gasteiger partial charge in [-0.05, 0) is 18.2 Å². The van der Waals surface area contributed by atoms with Crippen LogP contribution in [0.3, 0.4) is 0 Å². The zero-order valence-electron chi connectivity index (χ0n) is 10.2. The van der Waals surface area contributed by atoms with Crippen molar-refractivity contribution in [1.29, 1.82) is 0 Å². The summed E-state index contributed by atoms with van der Waals surface area (Å²) in [6.07, 6.45) is 1.17. The van der Waals surface area contributed by atoms with Crippen LogP contribution in [0.1, 0.15) is 16.8 Å². The van der Waals surface area contributed by atoms with Crippen molar-refractivity contribution in [3.05, 3.63) is 41.7 Å². The number of nitrogens with one attached hydrogen (secondary N) is 2. The molecule has 0 radical (unpaired) electrons. The molecule has 0 spiro atoms. The highest BCUT2D eigenvalue weighted by molar-refractivity contribution is 6.07. The third-order valence-electron chi connectivity index (χ3n) is 2.48. The van der Waals surface area contributed by atoms with E-state index in [9.17, 15) is 14.4 Å². The molecule has 0 aliphatic carbocycles. The minimum absolute atomic E-state index is 0.145. The number of ether oxygens (including phenoxy) is 1. The SMILES string of the molecule is COC(=O)c1cccc(NC2=CC(=O)CC(=O)N2)c1. The number of allylic oxidation sites excluding steroid dienone is 1. The second kappa shape index (κ2) is 5.34. The van der Waals surface area contributed by atoms with Gasteiger partial charge in [0.2, 0.25) is 5.91 Å². The number of carbonyl (C=O) groups is 3. The molecule has 2 rings (SSSR count). The van der Waals surface area contributed by atoms with Crippen LogP contribution in [0.4, 0.5) is 5.69 Å². The van der Waals surface area contributed by atoms with Crippen LogP contribution in [0, 0.1) is 0 Å². The highest BCUT2D eigenvalue weighted by Crippen LogP contribution is 2.14. The first-order chi connectivity index (χ1) is 9.08. The fourth-order valence-corrected chi connectivity index (χ4v) is 1.67. The van der Waals surface area contributed by atoms with E-state index < -0.39 is 5.97 Å². The Hall–Kier alpha value is -2.63. The van der Waals surface area contributed by atoms with Crippen LogP contribution in [0.25, 0.3) is 0 Å². The zero-order valence-corrected chi connectivity index (χ0v) is 10.2. The molecule has 1 amide bonds. The average Bonchev–Trinajstić information content (AvgIpc) is 2.37. The van der Waals surface area contributed by atoms with Gasteiger partial charge in [0.15, 0.2) is 5.78 Å². The van der Waals surface area contributed by atoms with Crippen molar-refractivity contribution < 1.29 is 19.1 Å². The third-order valence-corrected chi connectivity index (χ3v) is 2.48. The number of carbonyl (C=O) groups excluding carboxylic acids is 3. The summed E-state index contributed by atoms with van der Waals surface area (Å²) in [4.78, 5) is 33.8. The van der Waals surface area contributed by atoms with Crippen LogP contribution in [0.2, 0.25) is 0 Å². The summed E-state index contributed by atoms with van der Waals surface area (Å²) in [5, 5.41) is 5.39. The second-order valence-corrected chi connectivity index (χ2v) is 3.95. The lowest BCUT2D eigenvalue weighted by atomic mass is 10.2. The van der Waals surface area contributed by atoms with Crippen molar-refractivity contribution in [3.8, 4) is 0 Å². The molecule has 0 unspecified atom stereocenters. The largest absolute Gasteiger partial charge is 0.465 e. The molecule has 98 valence electrons. The summed E-state index contributed by atoms with van der Waals surface area (Å²) in [6.45, 7) is 0. The Kier molecular flexibility index (Phi) is 3.61. The third kappa shape index (κ3) is 3.19. The number of benzene rings is 1. The molecule has 1 aromatic carbocycles. The van der Waals surface area contributed by atoms with Gasteiger partial charge in [0.25, 0.3) is 0 Å². The molecule has 6 nitrogen and oxygen atoms in total. The van der Waals surface area contributed by atoms with Gasteiger partial charge in [0.05, 0.1) is 19.1 Å². The number of methoxy groups -OCH3 is 1. The van der Waals surface area contributed by atoms with E-state index in [2.05, 4.69) is 15.4 Å². The number of rotatable bonds is 3. The predicted molar refractivity (Wildman–Crippen MR) is 67.3 cm³/mol. The van der Waals surface area contributed by atoms with E-state index in [1.54, 1.807) is 24.3 Å². The van der Waals surface area contributed by atoms with E-state index >= 15 is 0 Å². The highest BCUT2D eigenvalue weighted by atomic mass is 16.5. The number of anilines is 1. The number of esters is 1. The molecular weight excluding hydrogens is 248 g/mol. The molecule has 2 N–H and O–H groups in total. The van der Waals surface area contributed by atoms with Gasteiger partial charge in [0.1, 0.15) is 5.82 Å². The lowest BCUT2D eigenvalue weighted by Gasteiger charge is -2.15. The van der Waals surface area contributed by atoms with Gasteiger partial charge in [-0.3, -0.25) is 9.59 Å².